The number of carbonyl (C=O) groups excluding carboxylic acids is 2. The first-order valence-electron chi connectivity index (χ1n) is 15.6. The van der Waals surface area contributed by atoms with Crippen molar-refractivity contribution in [1.82, 2.24) is 14.8 Å². The quantitative estimate of drug-likeness (QED) is 0.155. The molecular weight excluding hydrogens is 614 g/mol. The molecule has 0 radical (unpaired) electrons. The van der Waals surface area contributed by atoms with Gasteiger partial charge in [0, 0.05) is 61.6 Å². The number of aryl methyl sites for hydroxylation is 1. The Hall–Kier alpha value is -4.77. The molecule has 2 amide bonds. The van der Waals surface area contributed by atoms with E-state index >= 15 is 0 Å². The maximum Gasteiger partial charge on any atom is 0.303 e. The first-order valence-corrected chi connectivity index (χ1v) is 15.6. The molecule has 3 aromatic carbocycles. The zero-order valence-electron chi connectivity index (χ0n) is 27.0. The third-order valence-corrected chi connectivity index (χ3v) is 8.82. The van der Waals surface area contributed by atoms with E-state index in [2.05, 4.69) is 10.3 Å². The molecule has 0 saturated carbocycles. The topological polar surface area (TPSA) is 149 Å². The van der Waals surface area contributed by atoms with Gasteiger partial charge >= 0.3 is 5.97 Å². The molecule has 5 rings (SSSR count). The number of benzene rings is 3. The minimum Gasteiger partial charge on any atom is -0.481 e. The third-order valence-electron chi connectivity index (χ3n) is 8.82. The van der Waals surface area contributed by atoms with Crippen LogP contribution in [0.4, 0.5) is 11.4 Å². The van der Waals surface area contributed by atoms with E-state index in [1.54, 1.807) is 42.4 Å². The number of fused-ring (bicyclic) bond motifs is 1. The van der Waals surface area contributed by atoms with Gasteiger partial charge in [0.1, 0.15) is 6.04 Å². The Labute approximate surface area is 281 Å². The van der Waals surface area contributed by atoms with E-state index < -0.39 is 12.0 Å². The number of H-pyrrole nitrogens is 1. The summed E-state index contributed by atoms with van der Waals surface area (Å²) in [5.74, 6) is -1.11. The molecule has 1 aliphatic heterocycles. The molecule has 1 saturated heterocycles. The zero-order valence-corrected chi connectivity index (χ0v) is 28.0. The summed E-state index contributed by atoms with van der Waals surface area (Å²) in [5, 5.41) is 13.8. The van der Waals surface area contributed by atoms with Crippen LogP contribution in [0.5, 0.6) is 0 Å². The van der Waals surface area contributed by atoms with Crippen molar-refractivity contribution in [2.24, 2.45) is 0 Å². The van der Waals surface area contributed by atoms with Crippen LogP contribution in [0.2, 0.25) is 0 Å². The summed E-state index contributed by atoms with van der Waals surface area (Å²) in [7, 11) is 1.70. The van der Waals surface area contributed by atoms with Crippen molar-refractivity contribution in [3.05, 3.63) is 105 Å². The van der Waals surface area contributed by atoms with Crippen LogP contribution in [0.3, 0.4) is 0 Å². The normalized spacial score (nSPS) is 13.9. The van der Waals surface area contributed by atoms with Crippen LogP contribution in [-0.2, 0) is 16.1 Å². The van der Waals surface area contributed by atoms with Crippen molar-refractivity contribution in [3.8, 4) is 0 Å². The SMILES string of the molecule is Cc1cc(C(Nc2ccc3cc[nH]c(=O)c3c2)C(=O)N(C)Cc2cc(N)ccc2C(=O)N2CCCC2)ccc1[C@@H](C)CCC(=O)O.S. The average molecular weight is 658 g/mol. The Bertz CT molecular complexity index is 1830. The van der Waals surface area contributed by atoms with Crippen LogP contribution >= 0.6 is 13.5 Å². The first kappa shape index (κ1) is 35.1. The molecule has 4 aromatic rings. The number of rotatable bonds is 11. The summed E-state index contributed by atoms with van der Waals surface area (Å²) in [6, 6.07) is 17.4. The number of likely N-dealkylation sites (N-methyl/N-ethyl adjacent to an activating group) is 1. The van der Waals surface area contributed by atoms with E-state index in [0.717, 1.165) is 29.4 Å². The van der Waals surface area contributed by atoms with E-state index in [4.69, 9.17) is 10.8 Å². The van der Waals surface area contributed by atoms with Gasteiger partial charge in [-0.05, 0) is 96.1 Å². The van der Waals surface area contributed by atoms with Gasteiger partial charge in [-0.25, -0.2) is 0 Å². The van der Waals surface area contributed by atoms with Gasteiger partial charge in [0.15, 0.2) is 0 Å². The van der Waals surface area contributed by atoms with Gasteiger partial charge in [-0.1, -0.05) is 31.2 Å². The molecule has 1 unspecified atom stereocenters. The molecule has 1 fully saturated rings. The van der Waals surface area contributed by atoms with E-state index in [-0.39, 0.29) is 49.8 Å². The number of carbonyl (C=O) groups is 3. The molecule has 1 aromatic heterocycles. The van der Waals surface area contributed by atoms with E-state index in [0.29, 0.717) is 53.0 Å². The number of nitrogens with two attached hydrogens (primary N) is 1. The van der Waals surface area contributed by atoms with Crippen molar-refractivity contribution >= 4 is 53.4 Å². The summed E-state index contributed by atoms with van der Waals surface area (Å²) in [6.45, 7) is 5.54. The van der Waals surface area contributed by atoms with Gasteiger partial charge in [-0.15, -0.1) is 0 Å². The molecule has 0 bridgehead atoms. The van der Waals surface area contributed by atoms with Gasteiger partial charge in [-0.2, -0.15) is 13.5 Å². The van der Waals surface area contributed by atoms with Crippen LogP contribution in [0, 0.1) is 6.92 Å². The largest absolute Gasteiger partial charge is 0.481 e. The fourth-order valence-corrected chi connectivity index (χ4v) is 6.25. The maximum absolute atomic E-state index is 14.3. The van der Waals surface area contributed by atoms with Crippen LogP contribution in [-0.4, -0.2) is 57.8 Å². The second kappa shape index (κ2) is 15.2. The van der Waals surface area contributed by atoms with E-state index in [1.807, 2.05) is 55.1 Å². The summed E-state index contributed by atoms with van der Waals surface area (Å²) in [4.78, 5) is 57.5. The number of anilines is 2. The van der Waals surface area contributed by atoms with Gasteiger partial charge in [0.25, 0.3) is 11.5 Å². The molecule has 0 aliphatic carbocycles. The number of pyridine rings is 1. The maximum atomic E-state index is 14.3. The van der Waals surface area contributed by atoms with Gasteiger partial charge in [0.05, 0.1) is 0 Å². The third kappa shape index (κ3) is 8.15. The molecule has 10 nitrogen and oxygen atoms in total. The zero-order chi connectivity index (χ0) is 33.0. The number of nitrogen functional groups attached to an aromatic ring is 1. The Morgan fingerprint density at radius 2 is 1.79 bits per heavy atom. The second-order valence-corrected chi connectivity index (χ2v) is 12.2. The first-order chi connectivity index (χ1) is 22.0. The van der Waals surface area contributed by atoms with Gasteiger partial charge < -0.3 is 30.9 Å². The molecule has 11 heteroatoms. The molecule has 47 heavy (non-hydrogen) atoms. The Balaban J connectivity index is 0.00000500. The van der Waals surface area contributed by atoms with Crippen molar-refractivity contribution in [2.75, 3.05) is 31.2 Å². The molecule has 248 valence electrons. The lowest BCUT2D eigenvalue weighted by molar-refractivity contribution is -0.137. The molecule has 2 atom stereocenters. The second-order valence-electron chi connectivity index (χ2n) is 12.2. The van der Waals surface area contributed by atoms with E-state index in [9.17, 15) is 19.2 Å². The number of aromatic nitrogens is 1. The van der Waals surface area contributed by atoms with Crippen LogP contribution in [0.15, 0.2) is 71.7 Å². The predicted octanol–water partition coefficient (Wildman–Crippen LogP) is 5.55. The Kier molecular flexibility index (Phi) is 11.4. The lowest BCUT2D eigenvalue weighted by Crippen LogP contribution is -2.36. The van der Waals surface area contributed by atoms with Crippen molar-refractivity contribution in [3.63, 3.8) is 0 Å². The monoisotopic (exact) mass is 657 g/mol. The minimum absolute atomic E-state index is 0. The Morgan fingerprint density at radius 1 is 1.04 bits per heavy atom. The molecular formula is C36H43N5O5S. The minimum atomic E-state index is -0.835. The summed E-state index contributed by atoms with van der Waals surface area (Å²) in [5.41, 5.74) is 10.9. The van der Waals surface area contributed by atoms with Crippen molar-refractivity contribution in [2.45, 2.75) is 58.0 Å². The molecule has 0 spiro atoms. The highest BCUT2D eigenvalue weighted by Gasteiger charge is 2.28. The number of amides is 2. The highest BCUT2D eigenvalue weighted by molar-refractivity contribution is 7.59. The number of likely N-dealkylation sites (tertiary alicyclic amines) is 1. The standard InChI is InChI=1S/C36H41N5O5.H2S/c1-22(6-13-32(42)43)29-11-8-25(18-23(29)2)33(39-28-10-7-24-14-15-38-34(44)31(24)20-28)36(46)40(3)21-26-19-27(37)9-12-30(26)35(45)41-16-4-5-17-41;/h7-12,14-15,18-20,22,33,39H,4-6,13,16-17,21,37H2,1-3H3,(H,38,44)(H,42,43);1H2/t22-,33?;/m0./s1. The number of hydrogen-bond donors (Lipinski definition) is 4. The van der Waals surface area contributed by atoms with Crippen LogP contribution in [0.25, 0.3) is 10.8 Å². The smallest absolute Gasteiger partial charge is 0.303 e. The number of aliphatic carboxylic acids is 1. The lowest BCUT2D eigenvalue weighted by atomic mass is 9.90. The molecule has 5 N–H and O–H groups in total. The number of carboxylic acid groups (broad SMARTS) is 1. The predicted molar refractivity (Wildman–Crippen MR) is 190 cm³/mol. The number of carboxylic acids is 1. The van der Waals surface area contributed by atoms with E-state index in [1.165, 1.54) is 0 Å². The van der Waals surface area contributed by atoms with Gasteiger partial charge in [0.2, 0.25) is 5.91 Å². The van der Waals surface area contributed by atoms with Gasteiger partial charge in [-0.3, -0.25) is 19.2 Å². The van der Waals surface area contributed by atoms with Crippen LogP contribution < -0.4 is 16.6 Å². The Morgan fingerprint density at radius 3 is 2.49 bits per heavy atom. The fraction of sp³-hybridized carbons (Fsp3) is 0.333. The highest BCUT2D eigenvalue weighted by Crippen LogP contribution is 2.30. The van der Waals surface area contributed by atoms with Crippen molar-refractivity contribution in [1.29, 1.82) is 0 Å². The molecule has 2 heterocycles. The summed E-state index contributed by atoms with van der Waals surface area (Å²) < 4.78 is 0. The summed E-state index contributed by atoms with van der Waals surface area (Å²) in [6.07, 6.45) is 4.12. The number of nitrogens with one attached hydrogen (secondary N) is 2. The van der Waals surface area contributed by atoms with Crippen LogP contribution in [0.1, 0.15) is 77.2 Å². The number of aromatic amines is 1. The summed E-state index contributed by atoms with van der Waals surface area (Å²) >= 11 is 0. The highest BCUT2D eigenvalue weighted by atomic mass is 32.1. The molecule has 1 aliphatic rings. The lowest BCUT2D eigenvalue weighted by Gasteiger charge is -2.28. The average Bonchev–Trinajstić information content (AvgIpc) is 3.57. The number of hydrogen-bond acceptors (Lipinski definition) is 6. The fourth-order valence-electron chi connectivity index (χ4n) is 6.25. The van der Waals surface area contributed by atoms with Crippen molar-refractivity contribution < 1.29 is 19.5 Å². The number of nitrogens with zero attached hydrogens (tertiary/aromatic N) is 2.